The second-order valence-corrected chi connectivity index (χ2v) is 5.57. The SMILES string of the molecule is Cc1ccc(/C=C/C(=O)Nc2sccc2C(=O)O)c(C)c1. The maximum atomic E-state index is 11.9. The summed E-state index contributed by atoms with van der Waals surface area (Å²) >= 11 is 1.19. The maximum Gasteiger partial charge on any atom is 0.338 e. The molecule has 2 N–H and O–H groups in total. The largest absolute Gasteiger partial charge is 0.478 e. The fourth-order valence-electron chi connectivity index (χ4n) is 1.91. The fraction of sp³-hybridized carbons (Fsp3) is 0.125. The van der Waals surface area contributed by atoms with E-state index in [4.69, 9.17) is 5.11 Å². The Balaban J connectivity index is 2.09. The second kappa shape index (κ2) is 6.37. The molecule has 0 aliphatic heterocycles. The maximum absolute atomic E-state index is 11.9. The van der Waals surface area contributed by atoms with Crippen LogP contribution >= 0.6 is 11.3 Å². The summed E-state index contributed by atoms with van der Waals surface area (Å²) in [5.74, 6) is -1.40. The van der Waals surface area contributed by atoms with Crippen molar-refractivity contribution >= 4 is 34.3 Å². The van der Waals surface area contributed by atoms with E-state index in [1.807, 2.05) is 32.0 Å². The number of anilines is 1. The zero-order chi connectivity index (χ0) is 15.4. The highest BCUT2D eigenvalue weighted by atomic mass is 32.1. The van der Waals surface area contributed by atoms with Gasteiger partial charge in [0.15, 0.2) is 0 Å². The quantitative estimate of drug-likeness (QED) is 0.846. The molecule has 0 bridgehead atoms. The average Bonchev–Trinajstić information content (AvgIpc) is 2.86. The standard InChI is InChI=1S/C16H15NO3S/c1-10-3-4-12(11(2)9-10)5-6-14(18)17-15-13(16(19)20)7-8-21-15/h3-9H,1-2H3,(H,17,18)(H,19,20)/b6-5+. The number of hydrogen-bond acceptors (Lipinski definition) is 3. The van der Waals surface area contributed by atoms with E-state index in [0.29, 0.717) is 5.00 Å². The van der Waals surface area contributed by atoms with Crippen molar-refractivity contribution in [2.24, 2.45) is 0 Å². The molecular formula is C16H15NO3S. The van der Waals surface area contributed by atoms with Crippen LogP contribution < -0.4 is 5.32 Å². The Hall–Kier alpha value is -2.40. The molecule has 2 rings (SSSR count). The highest BCUT2D eigenvalue weighted by Crippen LogP contribution is 2.23. The molecule has 1 amide bonds. The Morgan fingerprint density at radius 2 is 2.00 bits per heavy atom. The van der Waals surface area contributed by atoms with Crippen molar-refractivity contribution < 1.29 is 14.7 Å². The van der Waals surface area contributed by atoms with Gasteiger partial charge >= 0.3 is 5.97 Å². The lowest BCUT2D eigenvalue weighted by molar-refractivity contribution is -0.111. The van der Waals surface area contributed by atoms with Gasteiger partial charge in [0.25, 0.3) is 0 Å². The molecule has 1 heterocycles. The lowest BCUT2D eigenvalue weighted by Gasteiger charge is -2.02. The van der Waals surface area contributed by atoms with Gasteiger partial charge in [-0.15, -0.1) is 11.3 Å². The first kappa shape index (κ1) is 15.0. The van der Waals surface area contributed by atoms with Crippen molar-refractivity contribution in [3.63, 3.8) is 0 Å². The molecule has 5 heteroatoms. The summed E-state index contributed by atoms with van der Waals surface area (Å²) < 4.78 is 0. The molecule has 0 aliphatic carbocycles. The van der Waals surface area contributed by atoms with Crippen molar-refractivity contribution in [3.8, 4) is 0 Å². The molecule has 21 heavy (non-hydrogen) atoms. The molecular weight excluding hydrogens is 286 g/mol. The molecule has 0 fully saturated rings. The van der Waals surface area contributed by atoms with Crippen molar-refractivity contribution in [3.05, 3.63) is 58.0 Å². The number of carbonyl (C=O) groups is 2. The third-order valence-electron chi connectivity index (χ3n) is 2.97. The molecule has 2 aromatic rings. The summed E-state index contributed by atoms with van der Waals surface area (Å²) in [6, 6.07) is 7.43. The first-order chi connectivity index (χ1) is 9.97. The Bertz CT molecular complexity index is 716. The molecule has 0 radical (unpaired) electrons. The number of benzene rings is 1. The number of nitrogens with one attached hydrogen (secondary N) is 1. The lowest BCUT2D eigenvalue weighted by Crippen LogP contribution is -2.09. The minimum atomic E-state index is -1.05. The van der Waals surface area contributed by atoms with E-state index in [-0.39, 0.29) is 11.5 Å². The van der Waals surface area contributed by atoms with Crippen molar-refractivity contribution in [1.29, 1.82) is 0 Å². The van der Waals surface area contributed by atoms with Crippen LogP contribution in [-0.2, 0) is 4.79 Å². The van der Waals surface area contributed by atoms with Crippen LogP contribution in [0.25, 0.3) is 6.08 Å². The van der Waals surface area contributed by atoms with Gasteiger partial charge in [-0.3, -0.25) is 4.79 Å². The van der Waals surface area contributed by atoms with Crippen molar-refractivity contribution in [2.45, 2.75) is 13.8 Å². The number of hydrogen-bond donors (Lipinski definition) is 2. The van der Waals surface area contributed by atoms with Gasteiger partial charge in [0.2, 0.25) is 5.91 Å². The molecule has 0 atom stereocenters. The zero-order valence-electron chi connectivity index (χ0n) is 11.7. The highest BCUT2D eigenvalue weighted by molar-refractivity contribution is 7.14. The van der Waals surface area contributed by atoms with Gasteiger partial charge in [0, 0.05) is 6.08 Å². The van der Waals surface area contributed by atoms with Crippen molar-refractivity contribution in [2.75, 3.05) is 5.32 Å². The monoisotopic (exact) mass is 301 g/mol. The third-order valence-corrected chi connectivity index (χ3v) is 3.80. The van der Waals surface area contributed by atoms with Gasteiger partial charge in [-0.25, -0.2) is 4.79 Å². The number of carboxylic acids is 1. The first-order valence-corrected chi connectivity index (χ1v) is 7.22. The van der Waals surface area contributed by atoms with E-state index in [1.165, 1.54) is 29.0 Å². The van der Waals surface area contributed by atoms with E-state index in [1.54, 1.807) is 11.5 Å². The third kappa shape index (κ3) is 3.79. The van der Waals surface area contributed by atoms with Crippen LogP contribution in [0.1, 0.15) is 27.0 Å². The molecule has 1 aromatic heterocycles. The van der Waals surface area contributed by atoms with Gasteiger partial charge in [-0.2, -0.15) is 0 Å². The van der Waals surface area contributed by atoms with Gasteiger partial charge < -0.3 is 10.4 Å². The molecule has 0 spiro atoms. The minimum absolute atomic E-state index is 0.105. The molecule has 0 saturated heterocycles. The Morgan fingerprint density at radius 3 is 2.67 bits per heavy atom. The smallest absolute Gasteiger partial charge is 0.338 e. The topological polar surface area (TPSA) is 66.4 Å². The number of thiophene rings is 1. The number of amides is 1. The average molecular weight is 301 g/mol. The predicted molar refractivity (Wildman–Crippen MR) is 84.9 cm³/mol. The molecule has 1 aromatic carbocycles. The number of aromatic carboxylic acids is 1. The summed E-state index contributed by atoms with van der Waals surface area (Å²) in [4.78, 5) is 22.8. The van der Waals surface area contributed by atoms with Crippen molar-refractivity contribution in [1.82, 2.24) is 0 Å². The van der Waals surface area contributed by atoms with Crippen LogP contribution in [-0.4, -0.2) is 17.0 Å². The molecule has 108 valence electrons. The number of rotatable bonds is 4. The zero-order valence-corrected chi connectivity index (χ0v) is 12.5. The molecule has 0 saturated carbocycles. The van der Waals surface area contributed by atoms with E-state index in [0.717, 1.165) is 11.1 Å². The molecule has 0 unspecified atom stereocenters. The van der Waals surface area contributed by atoms with Gasteiger partial charge in [0.1, 0.15) is 5.00 Å². The van der Waals surface area contributed by atoms with Gasteiger partial charge in [0.05, 0.1) is 5.56 Å². The molecule has 0 aliphatic rings. The van der Waals surface area contributed by atoms with Gasteiger partial charge in [-0.05, 0) is 42.5 Å². The van der Waals surface area contributed by atoms with E-state index >= 15 is 0 Å². The van der Waals surface area contributed by atoms with Gasteiger partial charge in [-0.1, -0.05) is 23.8 Å². The van der Waals surface area contributed by atoms with Crippen LogP contribution in [0.4, 0.5) is 5.00 Å². The normalized spacial score (nSPS) is 10.8. The lowest BCUT2D eigenvalue weighted by atomic mass is 10.1. The Kier molecular flexibility index (Phi) is 4.55. The van der Waals surface area contributed by atoms with E-state index in [9.17, 15) is 9.59 Å². The van der Waals surface area contributed by atoms with Crippen LogP contribution in [0.2, 0.25) is 0 Å². The van der Waals surface area contributed by atoms with Crippen LogP contribution in [0, 0.1) is 13.8 Å². The fourth-order valence-corrected chi connectivity index (χ4v) is 2.69. The molecule has 4 nitrogen and oxygen atoms in total. The number of carbonyl (C=O) groups excluding carboxylic acids is 1. The summed E-state index contributed by atoms with van der Waals surface area (Å²) in [6.07, 6.45) is 3.13. The highest BCUT2D eigenvalue weighted by Gasteiger charge is 2.12. The second-order valence-electron chi connectivity index (χ2n) is 4.65. The number of aryl methyl sites for hydroxylation is 2. The Morgan fingerprint density at radius 1 is 1.24 bits per heavy atom. The van der Waals surface area contributed by atoms with E-state index < -0.39 is 5.97 Å². The first-order valence-electron chi connectivity index (χ1n) is 6.34. The van der Waals surface area contributed by atoms with Crippen LogP contribution in [0.15, 0.2) is 35.7 Å². The van der Waals surface area contributed by atoms with E-state index in [2.05, 4.69) is 5.32 Å². The minimum Gasteiger partial charge on any atom is -0.478 e. The number of carboxylic acid groups (broad SMARTS) is 1. The Labute approximate surface area is 126 Å². The summed E-state index contributed by atoms with van der Waals surface area (Å²) in [6.45, 7) is 3.99. The summed E-state index contributed by atoms with van der Waals surface area (Å²) in [7, 11) is 0. The summed E-state index contributed by atoms with van der Waals surface area (Å²) in [5, 5.41) is 13.5. The predicted octanol–water partition coefficient (Wildman–Crippen LogP) is 3.72. The van der Waals surface area contributed by atoms with Crippen LogP contribution in [0.5, 0.6) is 0 Å². The summed E-state index contributed by atoms with van der Waals surface area (Å²) in [5.41, 5.74) is 3.31. The van der Waals surface area contributed by atoms with Crippen LogP contribution in [0.3, 0.4) is 0 Å².